The number of aromatic nitrogens is 1. The highest BCUT2D eigenvalue weighted by Crippen LogP contribution is 2.39. The Hall–Kier alpha value is -1.63. The molecule has 0 saturated heterocycles. The first kappa shape index (κ1) is 14.8. The molecule has 6 nitrogen and oxygen atoms in total. The Morgan fingerprint density at radius 2 is 2.15 bits per heavy atom. The van der Waals surface area contributed by atoms with Gasteiger partial charge in [-0.2, -0.15) is 0 Å². The standard InChI is InChI=1S/C13H19N3O3S/c1-7(10-15-9(6-20-10)11(17)18)14-12(19)16-13(2,3)8-4-5-8/h6-8H,4-5H2,1-3H3,(H,17,18)(H2,14,16,19). The average molecular weight is 297 g/mol. The first-order chi connectivity index (χ1) is 9.29. The van der Waals surface area contributed by atoms with Gasteiger partial charge in [-0.05, 0) is 39.5 Å². The van der Waals surface area contributed by atoms with Crippen LogP contribution >= 0.6 is 11.3 Å². The molecule has 0 radical (unpaired) electrons. The third-order valence-electron chi connectivity index (χ3n) is 3.49. The third kappa shape index (κ3) is 3.47. The molecule has 0 spiro atoms. The molecule has 1 aromatic heterocycles. The number of aromatic carboxylic acids is 1. The van der Waals surface area contributed by atoms with Gasteiger partial charge in [-0.25, -0.2) is 14.6 Å². The Morgan fingerprint density at radius 1 is 1.50 bits per heavy atom. The molecule has 3 N–H and O–H groups in total. The fourth-order valence-electron chi connectivity index (χ4n) is 2.08. The summed E-state index contributed by atoms with van der Waals surface area (Å²) in [6, 6.07) is -0.565. The van der Waals surface area contributed by atoms with Crippen LogP contribution in [0.2, 0.25) is 0 Å². The molecule has 1 atom stereocenters. The van der Waals surface area contributed by atoms with E-state index in [9.17, 15) is 9.59 Å². The van der Waals surface area contributed by atoms with E-state index in [-0.39, 0.29) is 23.3 Å². The van der Waals surface area contributed by atoms with E-state index in [0.29, 0.717) is 10.9 Å². The van der Waals surface area contributed by atoms with Crippen LogP contribution in [0, 0.1) is 5.92 Å². The summed E-state index contributed by atoms with van der Waals surface area (Å²) in [6.07, 6.45) is 2.30. The van der Waals surface area contributed by atoms with Gasteiger partial charge in [0.15, 0.2) is 5.69 Å². The lowest BCUT2D eigenvalue weighted by molar-refractivity contribution is 0.0691. The zero-order valence-corrected chi connectivity index (χ0v) is 12.6. The van der Waals surface area contributed by atoms with Crippen molar-refractivity contribution in [2.45, 2.75) is 45.2 Å². The Kier molecular flexibility index (Phi) is 3.99. The van der Waals surface area contributed by atoms with Crippen LogP contribution in [0.3, 0.4) is 0 Å². The summed E-state index contributed by atoms with van der Waals surface area (Å²) < 4.78 is 0. The van der Waals surface area contributed by atoms with E-state index in [2.05, 4.69) is 15.6 Å². The second kappa shape index (κ2) is 5.40. The molecule has 1 aliphatic rings. The number of rotatable bonds is 5. The second-order valence-corrected chi connectivity index (χ2v) is 6.58. The number of carbonyl (C=O) groups excluding carboxylic acids is 1. The average Bonchev–Trinajstić information content (AvgIpc) is 3.06. The summed E-state index contributed by atoms with van der Waals surface area (Å²) in [6.45, 7) is 5.82. The number of thiazole rings is 1. The van der Waals surface area contributed by atoms with Crippen LogP contribution in [0.1, 0.15) is 55.2 Å². The molecule has 7 heteroatoms. The lowest BCUT2D eigenvalue weighted by atomic mass is 9.99. The predicted octanol–water partition coefficient (Wildman–Crippen LogP) is 2.39. The molecule has 0 aliphatic heterocycles. The van der Waals surface area contributed by atoms with Gasteiger partial charge in [0, 0.05) is 10.9 Å². The van der Waals surface area contributed by atoms with Crippen LogP contribution in [-0.2, 0) is 0 Å². The molecule has 1 heterocycles. The molecule has 0 aromatic carbocycles. The molecule has 1 fully saturated rings. The number of hydrogen-bond acceptors (Lipinski definition) is 4. The molecule has 2 amide bonds. The van der Waals surface area contributed by atoms with Crippen molar-refractivity contribution in [1.29, 1.82) is 0 Å². The quantitative estimate of drug-likeness (QED) is 0.778. The van der Waals surface area contributed by atoms with E-state index in [0.717, 1.165) is 12.8 Å². The monoisotopic (exact) mass is 297 g/mol. The van der Waals surface area contributed by atoms with Crippen molar-refractivity contribution >= 4 is 23.3 Å². The first-order valence-electron chi connectivity index (χ1n) is 6.57. The highest BCUT2D eigenvalue weighted by molar-refractivity contribution is 7.09. The van der Waals surface area contributed by atoms with Crippen LogP contribution in [-0.4, -0.2) is 27.6 Å². The lowest BCUT2D eigenvalue weighted by Crippen LogP contribution is -2.50. The van der Waals surface area contributed by atoms with E-state index in [1.807, 2.05) is 13.8 Å². The summed E-state index contributed by atoms with van der Waals surface area (Å²) in [5.74, 6) is -0.513. The molecule has 1 saturated carbocycles. The van der Waals surface area contributed by atoms with E-state index in [1.165, 1.54) is 16.7 Å². The molecule has 2 rings (SSSR count). The Labute approximate surface area is 121 Å². The molecule has 1 unspecified atom stereocenters. The molecule has 1 aliphatic carbocycles. The summed E-state index contributed by atoms with van der Waals surface area (Å²) in [7, 11) is 0. The highest BCUT2D eigenvalue weighted by Gasteiger charge is 2.38. The van der Waals surface area contributed by atoms with E-state index in [4.69, 9.17) is 5.11 Å². The predicted molar refractivity (Wildman–Crippen MR) is 76.0 cm³/mol. The zero-order chi connectivity index (χ0) is 14.9. The van der Waals surface area contributed by atoms with Gasteiger partial charge in [0.1, 0.15) is 5.01 Å². The smallest absolute Gasteiger partial charge is 0.355 e. The van der Waals surface area contributed by atoms with Crippen molar-refractivity contribution in [3.05, 3.63) is 16.1 Å². The van der Waals surface area contributed by atoms with Crippen molar-refractivity contribution in [3.8, 4) is 0 Å². The largest absolute Gasteiger partial charge is 0.476 e. The topological polar surface area (TPSA) is 91.3 Å². The lowest BCUT2D eigenvalue weighted by Gasteiger charge is -2.27. The maximum atomic E-state index is 12.0. The van der Waals surface area contributed by atoms with Crippen LogP contribution in [0.25, 0.3) is 0 Å². The Balaban J connectivity index is 1.91. The summed E-state index contributed by atoms with van der Waals surface area (Å²) in [4.78, 5) is 26.7. The van der Waals surface area contributed by atoms with Gasteiger partial charge in [-0.15, -0.1) is 11.3 Å². The van der Waals surface area contributed by atoms with Gasteiger partial charge in [-0.1, -0.05) is 0 Å². The summed E-state index contributed by atoms with van der Waals surface area (Å²) >= 11 is 1.23. The van der Waals surface area contributed by atoms with Gasteiger partial charge in [0.2, 0.25) is 0 Å². The molecular weight excluding hydrogens is 278 g/mol. The van der Waals surface area contributed by atoms with Crippen LogP contribution < -0.4 is 10.6 Å². The maximum absolute atomic E-state index is 12.0. The van der Waals surface area contributed by atoms with Crippen molar-refractivity contribution < 1.29 is 14.7 Å². The first-order valence-corrected chi connectivity index (χ1v) is 7.45. The van der Waals surface area contributed by atoms with Crippen LogP contribution in [0.15, 0.2) is 5.38 Å². The van der Waals surface area contributed by atoms with E-state index < -0.39 is 5.97 Å². The van der Waals surface area contributed by atoms with E-state index >= 15 is 0 Å². The minimum absolute atomic E-state index is 0.0115. The third-order valence-corrected chi connectivity index (χ3v) is 4.52. The van der Waals surface area contributed by atoms with Gasteiger partial charge in [-0.3, -0.25) is 0 Å². The van der Waals surface area contributed by atoms with Gasteiger partial charge < -0.3 is 15.7 Å². The molecule has 20 heavy (non-hydrogen) atoms. The van der Waals surface area contributed by atoms with Crippen molar-refractivity contribution in [2.75, 3.05) is 0 Å². The minimum atomic E-state index is -1.06. The molecule has 1 aromatic rings. The molecule has 0 bridgehead atoms. The number of urea groups is 1. The number of nitrogens with zero attached hydrogens (tertiary/aromatic N) is 1. The number of carbonyl (C=O) groups is 2. The number of amides is 2. The summed E-state index contributed by atoms with van der Waals surface area (Å²) in [5.41, 5.74) is -0.198. The van der Waals surface area contributed by atoms with Crippen LogP contribution in [0.5, 0.6) is 0 Å². The van der Waals surface area contributed by atoms with Gasteiger partial charge in [0.05, 0.1) is 6.04 Å². The molecular formula is C13H19N3O3S. The number of carboxylic acid groups (broad SMARTS) is 1. The minimum Gasteiger partial charge on any atom is -0.476 e. The van der Waals surface area contributed by atoms with Gasteiger partial charge >= 0.3 is 12.0 Å². The fraction of sp³-hybridized carbons (Fsp3) is 0.615. The Morgan fingerprint density at radius 3 is 2.65 bits per heavy atom. The zero-order valence-electron chi connectivity index (χ0n) is 11.8. The molecule has 110 valence electrons. The van der Waals surface area contributed by atoms with Crippen molar-refractivity contribution in [3.63, 3.8) is 0 Å². The van der Waals surface area contributed by atoms with Gasteiger partial charge in [0.25, 0.3) is 0 Å². The highest BCUT2D eigenvalue weighted by atomic mass is 32.1. The fourth-order valence-corrected chi connectivity index (χ4v) is 2.88. The van der Waals surface area contributed by atoms with Crippen LogP contribution in [0.4, 0.5) is 4.79 Å². The normalized spacial score (nSPS) is 16.6. The second-order valence-electron chi connectivity index (χ2n) is 5.69. The SMILES string of the molecule is CC(NC(=O)NC(C)(C)C1CC1)c1nc(C(=O)O)cs1. The van der Waals surface area contributed by atoms with E-state index in [1.54, 1.807) is 6.92 Å². The summed E-state index contributed by atoms with van der Waals surface area (Å²) in [5, 5.41) is 16.6. The number of nitrogens with one attached hydrogen (secondary N) is 2. The number of carboxylic acids is 1. The number of hydrogen-bond donors (Lipinski definition) is 3. The van der Waals surface area contributed by atoms with Crippen molar-refractivity contribution in [1.82, 2.24) is 15.6 Å². The van der Waals surface area contributed by atoms with Crippen molar-refractivity contribution in [2.24, 2.45) is 5.92 Å². The Bertz CT molecular complexity index is 523. The maximum Gasteiger partial charge on any atom is 0.355 e.